The summed E-state index contributed by atoms with van der Waals surface area (Å²) in [5.74, 6) is 0.345. The minimum absolute atomic E-state index is 0.0736. The normalized spacial score (nSPS) is 16.0. The molecule has 0 heterocycles. The monoisotopic (exact) mass is 231 g/mol. The molecule has 1 aliphatic rings. The summed E-state index contributed by atoms with van der Waals surface area (Å²) < 4.78 is 0. The van der Waals surface area contributed by atoms with Crippen molar-refractivity contribution in [3.8, 4) is 0 Å². The maximum absolute atomic E-state index is 12.3. The van der Waals surface area contributed by atoms with Gasteiger partial charge < -0.3 is 4.90 Å². The number of hydrogen-bond donors (Lipinski definition) is 0. The van der Waals surface area contributed by atoms with Crippen LogP contribution in [0.2, 0.25) is 0 Å². The zero-order valence-electron chi connectivity index (χ0n) is 11.0. The summed E-state index contributed by atoms with van der Waals surface area (Å²) in [5, 5.41) is 0. The fourth-order valence-electron chi connectivity index (χ4n) is 2.64. The molecule has 1 unspecified atom stereocenters. The van der Waals surface area contributed by atoms with Crippen LogP contribution in [0.5, 0.6) is 0 Å². The van der Waals surface area contributed by atoms with E-state index in [1.807, 2.05) is 27.1 Å². The molecule has 2 heteroatoms. The topological polar surface area (TPSA) is 20.3 Å². The fourth-order valence-corrected chi connectivity index (χ4v) is 2.64. The van der Waals surface area contributed by atoms with Crippen LogP contribution < -0.4 is 0 Å². The van der Waals surface area contributed by atoms with E-state index >= 15 is 0 Å². The van der Waals surface area contributed by atoms with Gasteiger partial charge in [0.15, 0.2) is 5.78 Å². The van der Waals surface area contributed by atoms with Crippen molar-refractivity contribution in [2.75, 3.05) is 20.6 Å². The van der Waals surface area contributed by atoms with Crippen molar-refractivity contribution in [2.45, 2.75) is 26.2 Å². The lowest BCUT2D eigenvalue weighted by Crippen LogP contribution is -2.25. The predicted octanol–water partition coefficient (Wildman–Crippen LogP) is 2.56. The second kappa shape index (κ2) is 5.01. The van der Waals surface area contributed by atoms with Crippen molar-refractivity contribution in [1.82, 2.24) is 4.90 Å². The molecule has 2 nitrogen and oxygen atoms in total. The van der Waals surface area contributed by atoms with Crippen molar-refractivity contribution < 1.29 is 4.79 Å². The van der Waals surface area contributed by atoms with Crippen molar-refractivity contribution >= 4 is 5.78 Å². The van der Waals surface area contributed by atoms with E-state index in [-0.39, 0.29) is 11.7 Å². The Hall–Kier alpha value is -1.15. The molecule has 0 aliphatic heterocycles. The lowest BCUT2D eigenvalue weighted by molar-refractivity contribution is 0.0910. The van der Waals surface area contributed by atoms with Gasteiger partial charge in [0.25, 0.3) is 0 Å². The molecule has 0 amide bonds. The third-order valence-corrected chi connectivity index (χ3v) is 3.47. The van der Waals surface area contributed by atoms with Gasteiger partial charge in [0.2, 0.25) is 0 Å². The van der Waals surface area contributed by atoms with Crippen molar-refractivity contribution in [2.24, 2.45) is 5.92 Å². The molecule has 1 atom stereocenters. The largest absolute Gasteiger partial charge is 0.309 e. The van der Waals surface area contributed by atoms with Gasteiger partial charge in [0.05, 0.1) is 0 Å². The van der Waals surface area contributed by atoms with Crippen molar-refractivity contribution in [3.63, 3.8) is 0 Å². The summed E-state index contributed by atoms with van der Waals surface area (Å²) in [6, 6.07) is 6.24. The number of aryl methyl sites for hydroxylation is 2. The highest BCUT2D eigenvalue weighted by molar-refractivity contribution is 5.98. The van der Waals surface area contributed by atoms with Gasteiger partial charge in [-0.15, -0.1) is 0 Å². The van der Waals surface area contributed by atoms with Crippen LogP contribution in [0.4, 0.5) is 0 Å². The molecule has 0 spiro atoms. The van der Waals surface area contributed by atoms with Crippen molar-refractivity contribution in [3.05, 3.63) is 34.9 Å². The first kappa shape index (κ1) is 12.3. The Kier molecular flexibility index (Phi) is 3.63. The van der Waals surface area contributed by atoms with Gasteiger partial charge in [0, 0.05) is 18.0 Å². The van der Waals surface area contributed by atoms with Gasteiger partial charge in [-0.1, -0.05) is 19.1 Å². The van der Waals surface area contributed by atoms with Crippen LogP contribution >= 0.6 is 0 Å². The highest BCUT2D eigenvalue weighted by Crippen LogP contribution is 2.24. The first-order valence-electron chi connectivity index (χ1n) is 6.38. The Balaban J connectivity index is 2.14. The summed E-state index contributed by atoms with van der Waals surface area (Å²) in [4.78, 5) is 14.3. The Morgan fingerprint density at radius 2 is 2.00 bits per heavy atom. The number of carbonyl (C=O) groups excluding carboxylic acids is 1. The molecular formula is C15H21NO. The van der Waals surface area contributed by atoms with E-state index in [4.69, 9.17) is 0 Å². The van der Waals surface area contributed by atoms with Gasteiger partial charge in [-0.3, -0.25) is 4.79 Å². The van der Waals surface area contributed by atoms with Crippen LogP contribution in [0.25, 0.3) is 0 Å². The summed E-state index contributed by atoms with van der Waals surface area (Å²) in [7, 11) is 4.01. The SMILES string of the molecule is CC(CN(C)C)C(=O)c1ccc2c(c1)CCC2. The second-order valence-corrected chi connectivity index (χ2v) is 5.36. The van der Waals surface area contributed by atoms with Gasteiger partial charge in [-0.05, 0) is 50.6 Å². The minimum Gasteiger partial charge on any atom is -0.309 e. The number of ketones is 1. The smallest absolute Gasteiger partial charge is 0.166 e. The standard InChI is InChI=1S/C15H21NO/c1-11(10-16(2)3)15(17)14-8-7-12-5-4-6-13(12)9-14/h7-9,11H,4-6,10H2,1-3H3. The van der Waals surface area contributed by atoms with E-state index in [0.29, 0.717) is 0 Å². The lowest BCUT2D eigenvalue weighted by Gasteiger charge is -2.16. The number of benzene rings is 1. The van der Waals surface area contributed by atoms with E-state index in [1.54, 1.807) is 0 Å². The van der Waals surface area contributed by atoms with Crippen LogP contribution in [0.15, 0.2) is 18.2 Å². The highest BCUT2D eigenvalue weighted by Gasteiger charge is 2.18. The predicted molar refractivity (Wildman–Crippen MR) is 70.5 cm³/mol. The Morgan fingerprint density at radius 3 is 2.71 bits per heavy atom. The van der Waals surface area contributed by atoms with Crippen LogP contribution in [-0.4, -0.2) is 31.3 Å². The molecule has 2 rings (SSSR count). The molecule has 92 valence electrons. The van der Waals surface area contributed by atoms with E-state index in [2.05, 4.69) is 17.0 Å². The first-order valence-corrected chi connectivity index (χ1v) is 6.38. The van der Waals surface area contributed by atoms with Crippen LogP contribution in [0.3, 0.4) is 0 Å². The van der Waals surface area contributed by atoms with E-state index in [0.717, 1.165) is 18.5 Å². The van der Waals surface area contributed by atoms with Crippen molar-refractivity contribution in [1.29, 1.82) is 0 Å². The average molecular weight is 231 g/mol. The molecule has 0 saturated carbocycles. The first-order chi connectivity index (χ1) is 8.08. The van der Waals surface area contributed by atoms with Crippen LogP contribution in [0, 0.1) is 5.92 Å². The second-order valence-electron chi connectivity index (χ2n) is 5.36. The van der Waals surface area contributed by atoms with E-state index in [1.165, 1.54) is 24.0 Å². The van der Waals surface area contributed by atoms with E-state index in [9.17, 15) is 4.79 Å². The average Bonchev–Trinajstić information content (AvgIpc) is 2.73. The number of nitrogens with zero attached hydrogens (tertiary/aromatic N) is 1. The Labute approximate surface area is 104 Å². The highest BCUT2D eigenvalue weighted by atomic mass is 16.1. The molecule has 0 saturated heterocycles. The lowest BCUT2D eigenvalue weighted by atomic mass is 9.96. The Bertz CT molecular complexity index is 423. The molecule has 1 aliphatic carbocycles. The molecule has 17 heavy (non-hydrogen) atoms. The maximum atomic E-state index is 12.3. The van der Waals surface area contributed by atoms with Crippen LogP contribution in [-0.2, 0) is 12.8 Å². The van der Waals surface area contributed by atoms with Gasteiger partial charge in [-0.25, -0.2) is 0 Å². The summed E-state index contributed by atoms with van der Waals surface area (Å²) in [5.41, 5.74) is 3.70. The third kappa shape index (κ3) is 2.75. The Morgan fingerprint density at radius 1 is 1.29 bits per heavy atom. The zero-order chi connectivity index (χ0) is 12.4. The number of rotatable bonds is 4. The number of Topliss-reactive ketones (excluding diaryl/α,β-unsaturated/α-hetero) is 1. The summed E-state index contributed by atoms with van der Waals surface area (Å²) >= 11 is 0. The van der Waals surface area contributed by atoms with Gasteiger partial charge >= 0.3 is 0 Å². The van der Waals surface area contributed by atoms with Gasteiger partial charge in [0.1, 0.15) is 0 Å². The summed E-state index contributed by atoms with van der Waals surface area (Å²) in [6.45, 7) is 2.82. The van der Waals surface area contributed by atoms with Crippen LogP contribution in [0.1, 0.15) is 34.8 Å². The number of fused-ring (bicyclic) bond motifs is 1. The van der Waals surface area contributed by atoms with E-state index < -0.39 is 0 Å². The third-order valence-electron chi connectivity index (χ3n) is 3.47. The molecule has 0 fully saturated rings. The number of carbonyl (C=O) groups is 1. The molecule has 0 aromatic heterocycles. The molecule has 1 aromatic carbocycles. The molecular weight excluding hydrogens is 210 g/mol. The maximum Gasteiger partial charge on any atom is 0.166 e. The zero-order valence-corrected chi connectivity index (χ0v) is 11.0. The molecule has 1 aromatic rings. The minimum atomic E-state index is 0.0736. The number of hydrogen-bond acceptors (Lipinski definition) is 2. The molecule has 0 N–H and O–H groups in total. The summed E-state index contributed by atoms with van der Waals surface area (Å²) in [6.07, 6.45) is 3.55. The quantitative estimate of drug-likeness (QED) is 0.742. The molecule has 0 bridgehead atoms. The van der Waals surface area contributed by atoms with Gasteiger partial charge in [-0.2, -0.15) is 0 Å². The molecule has 0 radical (unpaired) electrons. The fraction of sp³-hybridized carbons (Fsp3) is 0.533.